The van der Waals surface area contributed by atoms with Gasteiger partial charge in [0, 0.05) is 0 Å². The van der Waals surface area contributed by atoms with Crippen molar-refractivity contribution < 1.29 is 17.9 Å². The van der Waals surface area contributed by atoms with Gasteiger partial charge in [-0.3, -0.25) is 4.39 Å². The summed E-state index contributed by atoms with van der Waals surface area (Å²) in [4.78, 5) is 0. The van der Waals surface area contributed by atoms with Crippen molar-refractivity contribution in [1.29, 1.82) is 0 Å². The Hall–Kier alpha value is -1.45. The molecule has 0 saturated heterocycles. The second kappa shape index (κ2) is 10.4. The highest BCUT2D eigenvalue weighted by molar-refractivity contribution is 5.33. The van der Waals surface area contributed by atoms with Crippen molar-refractivity contribution in [2.24, 2.45) is 17.8 Å². The second-order valence-electron chi connectivity index (χ2n) is 8.41. The molecule has 1 nitrogen and oxygen atoms in total. The van der Waals surface area contributed by atoms with E-state index in [0.29, 0.717) is 30.4 Å². The summed E-state index contributed by atoms with van der Waals surface area (Å²) in [5.74, 6) is 0.628. The van der Waals surface area contributed by atoms with Crippen molar-refractivity contribution in [1.82, 2.24) is 0 Å². The highest BCUT2D eigenvalue weighted by Crippen LogP contribution is 2.45. The van der Waals surface area contributed by atoms with E-state index in [-0.39, 0.29) is 18.3 Å². The van der Waals surface area contributed by atoms with Gasteiger partial charge in [-0.05, 0) is 100 Å². The number of benzene rings is 1. The molecule has 0 N–H and O–H groups in total. The molecule has 0 unspecified atom stereocenters. The molecule has 2 aliphatic rings. The van der Waals surface area contributed by atoms with E-state index in [2.05, 4.69) is 6.08 Å². The predicted molar refractivity (Wildman–Crippen MR) is 107 cm³/mol. The van der Waals surface area contributed by atoms with Gasteiger partial charge in [0.05, 0.1) is 13.3 Å². The number of rotatable bonds is 7. The average molecular weight is 395 g/mol. The van der Waals surface area contributed by atoms with Crippen molar-refractivity contribution in [2.45, 2.75) is 70.6 Å². The molecular formula is C24H33F3O. The molecule has 2 aliphatic carbocycles. The van der Waals surface area contributed by atoms with Crippen LogP contribution in [0, 0.1) is 29.4 Å². The average Bonchev–Trinajstić information content (AvgIpc) is 2.73. The van der Waals surface area contributed by atoms with Gasteiger partial charge in [-0.25, -0.2) is 4.39 Å². The van der Waals surface area contributed by atoms with Crippen LogP contribution in [0.5, 0.6) is 5.75 Å². The molecule has 0 radical (unpaired) electrons. The SMILES string of the molecule is CCOc1ccc(C2CCC(C3CCC(C=CCCF)CC3)CC2)c(F)c1F. The molecule has 28 heavy (non-hydrogen) atoms. The Balaban J connectivity index is 1.51. The number of halogens is 3. The number of hydrogen-bond donors (Lipinski definition) is 0. The number of allylic oxidation sites excluding steroid dienone is 2. The largest absolute Gasteiger partial charge is 0.491 e. The van der Waals surface area contributed by atoms with E-state index in [1.165, 1.54) is 25.7 Å². The van der Waals surface area contributed by atoms with Gasteiger partial charge in [-0.1, -0.05) is 18.2 Å². The third kappa shape index (κ3) is 5.12. The molecule has 156 valence electrons. The van der Waals surface area contributed by atoms with Crippen LogP contribution in [0.15, 0.2) is 24.3 Å². The van der Waals surface area contributed by atoms with Crippen molar-refractivity contribution >= 4 is 0 Å². The highest BCUT2D eigenvalue weighted by Gasteiger charge is 2.32. The maximum Gasteiger partial charge on any atom is 0.200 e. The maximum atomic E-state index is 14.5. The molecule has 0 bridgehead atoms. The van der Waals surface area contributed by atoms with Crippen LogP contribution in [0.2, 0.25) is 0 Å². The van der Waals surface area contributed by atoms with Crippen LogP contribution in [0.3, 0.4) is 0 Å². The second-order valence-corrected chi connectivity index (χ2v) is 8.41. The molecule has 0 aromatic heterocycles. The lowest BCUT2D eigenvalue weighted by Gasteiger charge is -2.37. The highest BCUT2D eigenvalue weighted by atomic mass is 19.2. The zero-order valence-corrected chi connectivity index (χ0v) is 16.9. The quantitative estimate of drug-likeness (QED) is 0.439. The molecule has 0 amide bonds. The van der Waals surface area contributed by atoms with Gasteiger partial charge < -0.3 is 4.74 Å². The summed E-state index contributed by atoms with van der Waals surface area (Å²) < 4.78 is 46.1. The lowest BCUT2D eigenvalue weighted by molar-refractivity contribution is 0.170. The van der Waals surface area contributed by atoms with Gasteiger partial charge in [0.2, 0.25) is 5.82 Å². The van der Waals surface area contributed by atoms with E-state index in [4.69, 9.17) is 4.74 Å². The molecular weight excluding hydrogens is 361 g/mol. The molecule has 4 heteroatoms. The van der Waals surface area contributed by atoms with Crippen LogP contribution < -0.4 is 4.74 Å². The zero-order valence-electron chi connectivity index (χ0n) is 16.9. The van der Waals surface area contributed by atoms with Crippen molar-refractivity contribution in [3.05, 3.63) is 41.5 Å². The molecule has 1 aromatic rings. The van der Waals surface area contributed by atoms with Crippen LogP contribution in [-0.4, -0.2) is 13.3 Å². The summed E-state index contributed by atoms with van der Waals surface area (Å²) in [6, 6.07) is 3.28. The number of ether oxygens (including phenoxy) is 1. The molecule has 1 aromatic carbocycles. The predicted octanol–water partition coefficient (Wildman–Crippen LogP) is 7.36. The van der Waals surface area contributed by atoms with Crippen molar-refractivity contribution in [2.75, 3.05) is 13.3 Å². The Morgan fingerprint density at radius 3 is 2.18 bits per heavy atom. The molecule has 0 aliphatic heterocycles. The van der Waals surface area contributed by atoms with Crippen LogP contribution in [0.4, 0.5) is 13.2 Å². The van der Waals surface area contributed by atoms with Gasteiger partial charge in [0.1, 0.15) is 0 Å². The first kappa shape index (κ1) is 21.3. The van der Waals surface area contributed by atoms with Crippen LogP contribution in [-0.2, 0) is 0 Å². The van der Waals surface area contributed by atoms with Crippen LogP contribution in [0.1, 0.15) is 76.2 Å². The fourth-order valence-electron chi connectivity index (χ4n) is 5.19. The Labute approximate surface area is 167 Å². The van der Waals surface area contributed by atoms with E-state index < -0.39 is 11.6 Å². The summed E-state index contributed by atoms with van der Waals surface area (Å²) in [5, 5.41) is 0. The Morgan fingerprint density at radius 1 is 0.929 bits per heavy atom. The lowest BCUT2D eigenvalue weighted by Crippen LogP contribution is -2.25. The summed E-state index contributed by atoms with van der Waals surface area (Å²) in [7, 11) is 0. The minimum absolute atomic E-state index is 0.00904. The minimum Gasteiger partial charge on any atom is -0.491 e. The monoisotopic (exact) mass is 394 g/mol. The Morgan fingerprint density at radius 2 is 1.57 bits per heavy atom. The van der Waals surface area contributed by atoms with Gasteiger partial charge >= 0.3 is 0 Å². The van der Waals surface area contributed by atoms with Crippen LogP contribution in [0.25, 0.3) is 0 Å². The summed E-state index contributed by atoms with van der Waals surface area (Å²) in [6.07, 6.45) is 13.7. The van der Waals surface area contributed by atoms with Crippen molar-refractivity contribution in [3.63, 3.8) is 0 Å². The Kier molecular flexibility index (Phi) is 7.87. The Bertz CT molecular complexity index is 641. The minimum atomic E-state index is -0.847. The lowest BCUT2D eigenvalue weighted by atomic mass is 9.68. The van der Waals surface area contributed by atoms with Crippen molar-refractivity contribution in [3.8, 4) is 5.75 Å². The fraction of sp³-hybridized carbons (Fsp3) is 0.667. The zero-order chi connectivity index (χ0) is 19.9. The van der Waals surface area contributed by atoms with Gasteiger partial charge in [0.25, 0.3) is 0 Å². The first-order valence-electron chi connectivity index (χ1n) is 11.0. The maximum absolute atomic E-state index is 14.5. The normalized spacial score (nSPS) is 28.6. The number of hydrogen-bond acceptors (Lipinski definition) is 1. The van der Waals surface area contributed by atoms with Crippen LogP contribution >= 0.6 is 0 Å². The van der Waals surface area contributed by atoms with E-state index >= 15 is 0 Å². The molecule has 0 atom stereocenters. The molecule has 0 heterocycles. The molecule has 2 saturated carbocycles. The molecule has 3 rings (SSSR count). The van der Waals surface area contributed by atoms with Gasteiger partial charge in [-0.2, -0.15) is 4.39 Å². The summed E-state index contributed by atoms with van der Waals surface area (Å²) in [5.41, 5.74) is 0.515. The first-order valence-corrected chi connectivity index (χ1v) is 11.0. The smallest absolute Gasteiger partial charge is 0.200 e. The molecule has 2 fully saturated rings. The standard InChI is InChI=1S/C24H33F3O/c1-2-28-22-15-14-21(23(26)24(22)27)20-12-10-19(11-13-20)18-8-6-17(7-9-18)5-3-4-16-25/h3,5,14-15,17-20H,2,4,6-13,16H2,1H3. The third-order valence-corrected chi connectivity index (χ3v) is 6.76. The molecule has 0 spiro atoms. The fourth-order valence-corrected chi connectivity index (χ4v) is 5.19. The summed E-state index contributed by atoms with van der Waals surface area (Å²) >= 11 is 0. The number of alkyl halides is 1. The van der Waals surface area contributed by atoms with E-state index in [0.717, 1.165) is 31.6 Å². The topological polar surface area (TPSA) is 9.23 Å². The van der Waals surface area contributed by atoms with E-state index in [1.54, 1.807) is 19.1 Å². The van der Waals surface area contributed by atoms with Gasteiger partial charge in [0.15, 0.2) is 11.6 Å². The first-order chi connectivity index (χ1) is 13.6. The van der Waals surface area contributed by atoms with E-state index in [1.807, 2.05) is 6.08 Å². The summed E-state index contributed by atoms with van der Waals surface area (Å²) in [6.45, 7) is 1.82. The van der Waals surface area contributed by atoms with Gasteiger partial charge in [-0.15, -0.1) is 0 Å². The van der Waals surface area contributed by atoms with E-state index in [9.17, 15) is 13.2 Å². The third-order valence-electron chi connectivity index (χ3n) is 6.76.